The van der Waals surface area contributed by atoms with E-state index in [1.165, 1.54) is 0 Å². The van der Waals surface area contributed by atoms with Crippen LogP contribution < -0.4 is 5.32 Å². The molecule has 1 aliphatic rings. The van der Waals surface area contributed by atoms with Crippen LogP contribution in [0.15, 0.2) is 0 Å². The van der Waals surface area contributed by atoms with E-state index in [4.69, 9.17) is 0 Å². The Bertz CT molecular complexity index is 168. The summed E-state index contributed by atoms with van der Waals surface area (Å²) in [6.45, 7) is 0.321. The Morgan fingerprint density at radius 3 is 2.73 bits per heavy atom. The number of nitrogens with one attached hydrogen (secondary N) is 1. The van der Waals surface area contributed by atoms with Crippen molar-refractivity contribution in [2.45, 2.75) is 18.2 Å². The third-order valence-corrected chi connectivity index (χ3v) is 1.74. The van der Waals surface area contributed by atoms with Gasteiger partial charge in [-0.1, -0.05) is 0 Å². The highest BCUT2D eigenvalue weighted by Crippen LogP contribution is 2.30. The maximum Gasteiger partial charge on any atom is 0.322 e. The highest BCUT2D eigenvalue weighted by molar-refractivity contribution is 6.21. The van der Waals surface area contributed by atoms with Crippen molar-refractivity contribution >= 4 is 17.5 Å². The van der Waals surface area contributed by atoms with Crippen molar-refractivity contribution < 1.29 is 13.6 Å². The molecule has 0 spiro atoms. The largest absolute Gasteiger partial charge is 0.356 e. The quantitative estimate of drug-likeness (QED) is 0.644. The summed E-state index contributed by atoms with van der Waals surface area (Å²) in [5, 5.41) is -0.708. The van der Waals surface area contributed by atoms with E-state index in [1.807, 2.05) is 0 Å². The van der Waals surface area contributed by atoms with Gasteiger partial charge in [-0.3, -0.25) is 4.79 Å². The first-order valence-corrected chi connectivity index (χ1v) is 3.68. The van der Waals surface area contributed by atoms with Gasteiger partial charge in [0.15, 0.2) is 0 Å². The summed E-state index contributed by atoms with van der Waals surface area (Å²) in [5.74, 6) is -0.481. The molecule has 0 aromatic rings. The van der Waals surface area contributed by atoms with E-state index in [0.29, 0.717) is 6.54 Å². The van der Waals surface area contributed by atoms with E-state index in [-0.39, 0.29) is 18.2 Å². The van der Waals surface area contributed by atoms with Gasteiger partial charge in [-0.2, -0.15) is 8.78 Å². The van der Waals surface area contributed by atoms with Crippen LogP contribution in [-0.2, 0) is 4.79 Å². The molecule has 0 aliphatic carbocycles. The Morgan fingerprint density at radius 1 is 1.73 bits per heavy atom. The first-order valence-electron chi connectivity index (χ1n) is 3.31. The summed E-state index contributed by atoms with van der Waals surface area (Å²) in [6, 6.07) is 0. The number of alkyl halides is 3. The van der Waals surface area contributed by atoms with Crippen LogP contribution in [0.1, 0.15) is 12.8 Å². The second-order valence-corrected chi connectivity index (χ2v) is 3.25. The lowest BCUT2D eigenvalue weighted by atomic mass is 10.1. The molecule has 2 nitrogen and oxygen atoms in total. The van der Waals surface area contributed by atoms with Gasteiger partial charge in [0, 0.05) is 19.4 Å². The number of rotatable bonds is 2. The molecule has 1 aliphatic heterocycles. The van der Waals surface area contributed by atoms with Crippen molar-refractivity contribution in [3.63, 3.8) is 0 Å². The van der Waals surface area contributed by atoms with E-state index in [1.54, 1.807) is 0 Å². The van der Waals surface area contributed by atoms with Gasteiger partial charge in [-0.15, -0.1) is 0 Å². The van der Waals surface area contributed by atoms with E-state index < -0.39 is 11.8 Å². The average molecular weight is 184 g/mol. The number of amides is 1. The first-order chi connectivity index (χ1) is 4.97. The Hall–Kier alpha value is -0.380. The van der Waals surface area contributed by atoms with E-state index in [2.05, 4.69) is 16.9 Å². The predicted molar refractivity (Wildman–Crippen MR) is 36.5 cm³/mol. The van der Waals surface area contributed by atoms with Crippen LogP contribution in [-0.4, -0.2) is 17.8 Å². The Kier molecular flexibility index (Phi) is 2.32. The molecule has 1 fully saturated rings. The number of carbonyl (C=O) groups is 1. The van der Waals surface area contributed by atoms with Crippen LogP contribution >= 0.6 is 11.6 Å². The summed E-state index contributed by atoms with van der Waals surface area (Å²) >= 11 is 4.69. The van der Waals surface area contributed by atoms with E-state index in [9.17, 15) is 13.6 Å². The van der Waals surface area contributed by atoms with Crippen LogP contribution in [0.2, 0.25) is 0 Å². The van der Waals surface area contributed by atoms with Gasteiger partial charge in [0.1, 0.15) is 0 Å². The molecule has 1 N–H and O–H groups in total. The molecule has 0 saturated carbocycles. The molecule has 1 heterocycles. The van der Waals surface area contributed by atoms with Crippen molar-refractivity contribution in [3.05, 3.63) is 0 Å². The van der Waals surface area contributed by atoms with Gasteiger partial charge in [0.2, 0.25) is 5.91 Å². The Labute approximate surface area is 67.9 Å². The molecule has 1 amide bonds. The molecule has 1 atom stereocenters. The molecular weight excluding hydrogens is 176 g/mol. The SMILES string of the molecule is O=C1C[C@H](CC(F)(F)Cl)CN1. The average Bonchev–Trinajstić information content (AvgIpc) is 2.10. The van der Waals surface area contributed by atoms with Crippen LogP contribution in [0.4, 0.5) is 8.78 Å². The third kappa shape index (κ3) is 3.01. The highest BCUT2D eigenvalue weighted by atomic mass is 35.5. The first kappa shape index (κ1) is 8.71. The number of halogens is 3. The molecule has 5 heteroatoms. The zero-order valence-electron chi connectivity index (χ0n) is 5.74. The Balaban J connectivity index is 2.34. The molecule has 1 saturated heterocycles. The number of hydrogen-bond acceptors (Lipinski definition) is 1. The van der Waals surface area contributed by atoms with E-state index in [0.717, 1.165) is 0 Å². The van der Waals surface area contributed by atoms with Gasteiger partial charge in [0.05, 0.1) is 0 Å². The fourth-order valence-corrected chi connectivity index (χ4v) is 1.35. The van der Waals surface area contributed by atoms with Crippen molar-refractivity contribution in [2.24, 2.45) is 5.92 Å². The number of carbonyl (C=O) groups excluding carboxylic acids is 1. The molecule has 0 aromatic carbocycles. The zero-order chi connectivity index (χ0) is 8.48. The minimum atomic E-state index is -3.17. The third-order valence-electron chi connectivity index (χ3n) is 1.58. The second kappa shape index (κ2) is 2.93. The predicted octanol–water partition coefficient (Wildman–Crippen LogP) is 1.34. The lowest BCUT2D eigenvalue weighted by Gasteiger charge is -2.10. The molecular formula is C6H8ClF2NO. The normalized spacial score (nSPS) is 25.4. The fraction of sp³-hybridized carbons (Fsp3) is 0.833. The van der Waals surface area contributed by atoms with Crippen molar-refractivity contribution in [1.29, 1.82) is 0 Å². The van der Waals surface area contributed by atoms with Crippen LogP contribution in [0.5, 0.6) is 0 Å². The van der Waals surface area contributed by atoms with Gasteiger partial charge in [-0.25, -0.2) is 0 Å². The Morgan fingerprint density at radius 2 is 2.36 bits per heavy atom. The molecule has 0 unspecified atom stereocenters. The summed E-state index contributed by atoms with van der Waals surface area (Å²) in [5.41, 5.74) is 0. The summed E-state index contributed by atoms with van der Waals surface area (Å²) in [7, 11) is 0. The minimum absolute atomic E-state index is 0.169. The summed E-state index contributed by atoms with van der Waals surface area (Å²) < 4.78 is 24.3. The van der Waals surface area contributed by atoms with Gasteiger partial charge < -0.3 is 5.32 Å². The monoisotopic (exact) mass is 183 g/mol. The second-order valence-electron chi connectivity index (χ2n) is 2.69. The van der Waals surface area contributed by atoms with Crippen LogP contribution in [0.25, 0.3) is 0 Å². The molecule has 0 aromatic heterocycles. The zero-order valence-corrected chi connectivity index (χ0v) is 6.50. The topological polar surface area (TPSA) is 29.1 Å². The lowest BCUT2D eigenvalue weighted by molar-refractivity contribution is -0.119. The van der Waals surface area contributed by atoms with Gasteiger partial charge in [0.25, 0.3) is 0 Å². The smallest absolute Gasteiger partial charge is 0.322 e. The highest BCUT2D eigenvalue weighted by Gasteiger charge is 2.33. The maximum atomic E-state index is 12.1. The van der Waals surface area contributed by atoms with Crippen LogP contribution in [0, 0.1) is 5.92 Å². The molecule has 11 heavy (non-hydrogen) atoms. The van der Waals surface area contributed by atoms with Gasteiger partial charge >= 0.3 is 5.38 Å². The molecule has 0 radical (unpaired) electrons. The fourth-order valence-electron chi connectivity index (χ4n) is 1.14. The molecule has 1 rings (SSSR count). The van der Waals surface area contributed by atoms with Crippen LogP contribution in [0.3, 0.4) is 0 Å². The van der Waals surface area contributed by atoms with Gasteiger partial charge in [-0.05, 0) is 17.5 Å². The minimum Gasteiger partial charge on any atom is -0.356 e. The molecule has 64 valence electrons. The summed E-state index contributed by atoms with van der Waals surface area (Å²) in [4.78, 5) is 10.5. The maximum absolute atomic E-state index is 12.1. The standard InChI is InChI=1S/C6H8ClF2NO/c7-6(8,9)2-4-1-5(11)10-3-4/h4H,1-3H2,(H,10,11)/t4-/m1/s1. The number of hydrogen-bond donors (Lipinski definition) is 1. The molecule has 0 bridgehead atoms. The van der Waals surface area contributed by atoms with Crippen molar-refractivity contribution in [2.75, 3.05) is 6.54 Å². The van der Waals surface area contributed by atoms with Crippen molar-refractivity contribution in [3.8, 4) is 0 Å². The van der Waals surface area contributed by atoms with E-state index >= 15 is 0 Å². The summed E-state index contributed by atoms with van der Waals surface area (Å²) in [6.07, 6.45) is -0.254. The lowest BCUT2D eigenvalue weighted by Crippen LogP contribution is -2.17. The van der Waals surface area contributed by atoms with Crippen molar-refractivity contribution in [1.82, 2.24) is 5.32 Å².